The molecule has 6 nitrogen and oxygen atoms in total. The molecule has 2 aliphatic carbocycles. The normalized spacial score (nSPS) is 22.6. The molecule has 3 heterocycles. The number of benzene rings is 1. The second-order valence-electron chi connectivity index (χ2n) is 9.28. The van der Waals surface area contributed by atoms with Crippen LogP contribution in [-0.2, 0) is 11.2 Å². The second kappa shape index (κ2) is 8.80. The van der Waals surface area contributed by atoms with Crippen LogP contribution < -0.4 is 5.32 Å². The smallest absolute Gasteiger partial charge is 0.142 e. The van der Waals surface area contributed by atoms with Crippen molar-refractivity contribution in [3.8, 4) is 22.3 Å². The van der Waals surface area contributed by atoms with Gasteiger partial charge in [-0.2, -0.15) is 0 Å². The van der Waals surface area contributed by atoms with E-state index in [9.17, 15) is 4.39 Å². The summed E-state index contributed by atoms with van der Waals surface area (Å²) in [5.41, 5.74) is 6.25. The Balaban J connectivity index is 1.22. The fourth-order valence-electron chi connectivity index (χ4n) is 5.56. The van der Waals surface area contributed by atoms with Crippen LogP contribution in [-0.4, -0.2) is 58.2 Å². The minimum Gasteiger partial charge on any atom is -0.379 e. The summed E-state index contributed by atoms with van der Waals surface area (Å²) in [5, 5.41) is 3.75. The lowest BCUT2D eigenvalue weighted by atomic mass is 9.89. The number of ether oxygens (including phenoxy) is 1. The number of rotatable bonds is 4. The third kappa shape index (κ3) is 4.11. The van der Waals surface area contributed by atoms with Crippen molar-refractivity contribution in [3.63, 3.8) is 0 Å². The lowest BCUT2D eigenvalue weighted by Gasteiger charge is -2.39. The molecule has 0 bridgehead atoms. The number of anilines is 1. The van der Waals surface area contributed by atoms with E-state index in [0.717, 1.165) is 79.3 Å². The zero-order chi connectivity index (χ0) is 22.2. The van der Waals surface area contributed by atoms with E-state index in [4.69, 9.17) is 4.74 Å². The predicted octanol–water partition coefficient (Wildman–Crippen LogP) is 4.30. The topological polar surface area (TPSA) is 63.2 Å². The highest BCUT2D eigenvalue weighted by Crippen LogP contribution is 2.42. The number of hydrogen-bond donors (Lipinski definition) is 1. The van der Waals surface area contributed by atoms with Crippen molar-refractivity contribution in [1.29, 1.82) is 0 Å². The first-order valence-corrected chi connectivity index (χ1v) is 11.9. The van der Waals surface area contributed by atoms with E-state index >= 15 is 0 Å². The van der Waals surface area contributed by atoms with Crippen LogP contribution in [0.5, 0.6) is 0 Å². The number of hydrogen-bond acceptors (Lipinski definition) is 6. The lowest BCUT2D eigenvalue weighted by Crippen LogP contribution is -2.46. The molecule has 33 heavy (non-hydrogen) atoms. The molecule has 6 rings (SSSR count). The van der Waals surface area contributed by atoms with Crippen molar-refractivity contribution in [2.24, 2.45) is 0 Å². The first-order chi connectivity index (χ1) is 16.2. The van der Waals surface area contributed by atoms with Gasteiger partial charge in [0.25, 0.3) is 0 Å². The molecular formula is C26H28FN5O. The van der Waals surface area contributed by atoms with Gasteiger partial charge in [-0.15, -0.1) is 0 Å². The summed E-state index contributed by atoms with van der Waals surface area (Å²) in [4.78, 5) is 15.8. The number of halogens is 1. The van der Waals surface area contributed by atoms with E-state index in [1.54, 1.807) is 12.5 Å². The maximum atomic E-state index is 13.7. The zero-order valence-electron chi connectivity index (χ0n) is 18.6. The van der Waals surface area contributed by atoms with Gasteiger partial charge < -0.3 is 10.1 Å². The van der Waals surface area contributed by atoms with Crippen molar-refractivity contribution < 1.29 is 9.13 Å². The molecule has 3 aromatic rings. The highest BCUT2D eigenvalue weighted by atomic mass is 19.1. The summed E-state index contributed by atoms with van der Waals surface area (Å²) in [5.74, 6) is 0.592. The molecule has 0 spiro atoms. The number of pyridine rings is 1. The number of morpholine rings is 1. The standard InChI is InChI=1S/C26H28FN5O/c27-20-11-19(14-28-15-20)17-1-2-18-13-24-25(23(18)12-17)26(30-16-29-24)31-21-3-5-22(6-4-21)32-7-9-33-10-8-32/h1-2,11-12,14-16,21-22H,3-10,13H2,(H,29,30,31). The number of aromatic nitrogens is 3. The molecule has 3 aliphatic rings. The third-order valence-corrected chi connectivity index (χ3v) is 7.30. The number of nitrogens with zero attached hydrogens (tertiary/aromatic N) is 4. The van der Waals surface area contributed by atoms with Crippen molar-refractivity contribution in [2.45, 2.75) is 44.2 Å². The van der Waals surface area contributed by atoms with Gasteiger partial charge in [-0.25, -0.2) is 14.4 Å². The average Bonchev–Trinajstić information content (AvgIpc) is 3.24. The Labute approximate surface area is 193 Å². The van der Waals surface area contributed by atoms with Gasteiger partial charge in [0.2, 0.25) is 0 Å². The summed E-state index contributed by atoms with van der Waals surface area (Å²) in [6.07, 6.45) is 10.1. The summed E-state index contributed by atoms with van der Waals surface area (Å²) in [6, 6.07) is 8.90. The van der Waals surface area contributed by atoms with Crippen LogP contribution in [0.3, 0.4) is 0 Å². The fourth-order valence-corrected chi connectivity index (χ4v) is 5.56. The summed E-state index contributed by atoms with van der Waals surface area (Å²) >= 11 is 0. The molecule has 1 saturated carbocycles. The monoisotopic (exact) mass is 445 g/mol. The fraction of sp³-hybridized carbons (Fsp3) is 0.423. The van der Waals surface area contributed by atoms with Gasteiger partial charge in [-0.3, -0.25) is 9.88 Å². The van der Waals surface area contributed by atoms with Crippen LogP contribution >= 0.6 is 0 Å². The Kier molecular flexibility index (Phi) is 5.52. The molecule has 7 heteroatoms. The molecule has 1 aliphatic heterocycles. The first-order valence-electron chi connectivity index (χ1n) is 11.9. The van der Waals surface area contributed by atoms with Crippen LogP contribution in [0.4, 0.5) is 10.2 Å². The Morgan fingerprint density at radius 1 is 0.970 bits per heavy atom. The number of fused-ring (bicyclic) bond motifs is 3. The summed E-state index contributed by atoms with van der Waals surface area (Å²) in [7, 11) is 0. The van der Waals surface area contributed by atoms with Gasteiger partial charge in [-0.1, -0.05) is 12.1 Å². The molecule has 0 amide bonds. The highest BCUT2D eigenvalue weighted by molar-refractivity contribution is 5.86. The maximum Gasteiger partial charge on any atom is 0.142 e. The van der Waals surface area contributed by atoms with Gasteiger partial charge in [0, 0.05) is 48.9 Å². The predicted molar refractivity (Wildman–Crippen MR) is 126 cm³/mol. The quantitative estimate of drug-likeness (QED) is 0.505. The molecule has 1 N–H and O–H groups in total. The third-order valence-electron chi connectivity index (χ3n) is 7.30. The van der Waals surface area contributed by atoms with E-state index in [-0.39, 0.29) is 5.82 Å². The zero-order valence-corrected chi connectivity index (χ0v) is 18.6. The van der Waals surface area contributed by atoms with E-state index in [0.29, 0.717) is 12.1 Å². The summed E-state index contributed by atoms with van der Waals surface area (Å²) in [6.45, 7) is 3.83. The van der Waals surface area contributed by atoms with E-state index in [1.807, 2.05) is 6.07 Å². The molecule has 1 saturated heterocycles. The Bertz CT molecular complexity index is 1160. The van der Waals surface area contributed by atoms with Gasteiger partial charge in [-0.05, 0) is 54.5 Å². The Morgan fingerprint density at radius 3 is 2.64 bits per heavy atom. The van der Waals surface area contributed by atoms with Crippen LogP contribution in [0.15, 0.2) is 43.0 Å². The highest BCUT2D eigenvalue weighted by Gasteiger charge is 2.29. The first kappa shape index (κ1) is 20.7. The van der Waals surface area contributed by atoms with Crippen LogP contribution in [0.2, 0.25) is 0 Å². The van der Waals surface area contributed by atoms with Crippen molar-refractivity contribution in [1.82, 2.24) is 19.9 Å². The minimum absolute atomic E-state index is 0.327. The molecule has 1 aromatic carbocycles. The van der Waals surface area contributed by atoms with Crippen LogP contribution in [0.1, 0.15) is 36.9 Å². The molecule has 0 atom stereocenters. The Hall–Kier alpha value is -2.90. The molecule has 170 valence electrons. The summed E-state index contributed by atoms with van der Waals surface area (Å²) < 4.78 is 19.2. The van der Waals surface area contributed by atoms with Gasteiger partial charge in [0.15, 0.2) is 0 Å². The maximum absolute atomic E-state index is 13.7. The van der Waals surface area contributed by atoms with Gasteiger partial charge in [0.05, 0.1) is 25.1 Å². The minimum atomic E-state index is -0.327. The van der Waals surface area contributed by atoms with E-state index in [2.05, 4.69) is 37.3 Å². The van der Waals surface area contributed by atoms with E-state index < -0.39 is 0 Å². The molecule has 0 radical (unpaired) electrons. The van der Waals surface area contributed by atoms with Crippen molar-refractivity contribution >= 4 is 5.82 Å². The Morgan fingerprint density at radius 2 is 1.82 bits per heavy atom. The second-order valence-corrected chi connectivity index (χ2v) is 9.28. The van der Waals surface area contributed by atoms with Crippen molar-refractivity contribution in [3.05, 3.63) is 60.1 Å². The van der Waals surface area contributed by atoms with Crippen LogP contribution in [0.25, 0.3) is 22.3 Å². The SMILES string of the molecule is Fc1cncc(-c2ccc3c(c2)-c2c(ncnc2NC2CCC(N4CCOCC4)CC2)C3)c1. The molecular weight excluding hydrogens is 417 g/mol. The number of nitrogens with one attached hydrogen (secondary N) is 1. The van der Waals surface area contributed by atoms with Crippen molar-refractivity contribution in [2.75, 3.05) is 31.6 Å². The largest absolute Gasteiger partial charge is 0.379 e. The molecule has 2 aromatic heterocycles. The van der Waals surface area contributed by atoms with Crippen LogP contribution in [0, 0.1) is 5.82 Å². The lowest BCUT2D eigenvalue weighted by molar-refractivity contribution is 0.00791. The van der Waals surface area contributed by atoms with E-state index in [1.165, 1.54) is 30.7 Å². The van der Waals surface area contributed by atoms with Gasteiger partial charge >= 0.3 is 0 Å². The average molecular weight is 446 g/mol. The van der Waals surface area contributed by atoms with Gasteiger partial charge in [0.1, 0.15) is 18.0 Å². The molecule has 2 fully saturated rings. The molecule has 0 unspecified atom stereocenters.